The van der Waals surface area contributed by atoms with Crippen molar-refractivity contribution in [3.05, 3.63) is 41.0 Å². The van der Waals surface area contributed by atoms with Crippen LogP contribution in [0.1, 0.15) is 23.9 Å². The summed E-state index contributed by atoms with van der Waals surface area (Å²) in [6, 6.07) is 2.86. The molecular formula is C13H11Cl2FN4O. The van der Waals surface area contributed by atoms with Crippen molar-refractivity contribution in [1.82, 2.24) is 19.7 Å². The van der Waals surface area contributed by atoms with Crippen molar-refractivity contribution in [2.24, 2.45) is 0 Å². The zero-order valence-corrected chi connectivity index (χ0v) is 12.6. The largest absolute Gasteiger partial charge is 0.343 e. The van der Waals surface area contributed by atoms with Gasteiger partial charge in [-0.25, -0.2) is 9.37 Å². The molecule has 2 heterocycles. The Balaban J connectivity index is 2.04. The number of hydrogen-bond acceptors (Lipinski definition) is 4. The Kier molecular flexibility index (Phi) is 3.82. The summed E-state index contributed by atoms with van der Waals surface area (Å²) in [5, 5.41) is 3.48. The van der Waals surface area contributed by atoms with E-state index in [1.165, 1.54) is 18.5 Å². The van der Waals surface area contributed by atoms with Gasteiger partial charge in [0.15, 0.2) is 5.82 Å². The minimum Gasteiger partial charge on any atom is -0.343 e. The van der Waals surface area contributed by atoms with Crippen molar-refractivity contribution in [1.29, 1.82) is 0 Å². The van der Waals surface area contributed by atoms with E-state index in [0.29, 0.717) is 35.6 Å². The van der Waals surface area contributed by atoms with Crippen molar-refractivity contribution >= 4 is 34.2 Å². The van der Waals surface area contributed by atoms with E-state index in [-0.39, 0.29) is 10.4 Å². The summed E-state index contributed by atoms with van der Waals surface area (Å²) in [5.74, 6) is 0.731. The van der Waals surface area contributed by atoms with E-state index in [9.17, 15) is 4.39 Å². The molecule has 0 aliphatic rings. The molecule has 110 valence electrons. The summed E-state index contributed by atoms with van der Waals surface area (Å²) in [5.41, 5.74) is 1.25. The zero-order chi connectivity index (χ0) is 15.0. The number of hydrogen-bond donors (Lipinski definition) is 0. The van der Waals surface area contributed by atoms with Crippen LogP contribution in [0.4, 0.5) is 4.39 Å². The monoisotopic (exact) mass is 328 g/mol. The number of halogens is 3. The van der Waals surface area contributed by atoms with Crippen molar-refractivity contribution in [2.75, 3.05) is 0 Å². The summed E-state index contributed by atoms with van der Waals surface area (Å²) in [4.78, 5) is 8.39. The average molecular weight is 329 g/mol. The lowest BCUT2D eigenvalue weighted by Gasteiger charge is -2.09. The van der Waals surface area contributed by atoms with E-state index in [0.717, 1.165) is 0 Å². The number of nitrogens with zero attached hydrogens (tertiary/aromatic N) is 4. The molecule has 21 heavy (non-hydrogen) atoms. The molecule has 0 amide bonds. The molecule has 3 aromatic rings. The molecule has 0 saturated carbocycles. The summed E-state index contributed by atoms with van der Waals surface area (Å²) in [6.07, 6.45) is 1.80. The van der Waals surface area contributed by atoms with Gasteiger partial charge in [-0.15, -0.1) is 11.6 Å². The summed E-state index contributed by atoms with van der Waals surface area (Å²) >= 11 is 12.0. The first-order valence-corrected chi connectivity index (χ1v) is 7.12. The SMILES string of the molecule is CC(Cl)c1nc2cc(Cl)c(F)cc2n1CCc1ncon1. The van der Waals surface area contributed by atoms with Crippen LogP contribution in [0.2, 0.25) is 5.02 Å². The highest BCUT2D eigenvalue weighted by atomic mass is 35.5. The predicted octanol–water partition coefficient (Wildman–Crippen LogP) is 3.75. The van der Waals surface area contributed by atoms with Gasteiger partial charge in [0.2, 0.25) is 6.39 Å². The topological polar surface area (TPSA) is 56.7 Å². The molecule has 0 fully saturated rings. The number of alkyl halides is 1. The fraction of sp³-hybridized carbons (Fsp3) is 0.308. The minimum absolute atomic E-state index is 0.0408. The van der Waals surface area contributed by atoms with Crippen molar-refractivity contribution in [2.45, 2.75) is 25.3 Å². The molecule has 0 saturated heterocycles. The van der Waals surface area contributed by atoms with Crippen molar-refractivity contribution in [3.8, 4) is 0 Å². The molecular weight excluding hydrogens is 318 g/mol. The lowest BCUT2D eigenvalue weighted by molar-refractivity contribution is 0.408. The van der Waals surface area contributed by atoms with Crippen LogP contribution >= 0.6 is 23.2 Å². The Hall–Kier alpha value is -1.66. The number of aryl methyl sites for hydroxylation is 2. The first-order chi connectivity index (χ1) is 10.1. The molecule has 0 spiro atoms. The maximum atomic E-state index is 13.7. The molecule has 0 radical (unpaired) electrons. The van der Waals surface area contributed by atoms with Crippen molar-refractivity contribution < 1.29 is 8.91 Å². The van der Waals surface area contributed by atoms with Gasteiger partial charge in [-0.1, -0.05) is 16.8 Å². The molecule has 5 nitrogen and oxygen atoms in total. The lowest BCUT2D eigenvalue weighted by Crippen LogP contribution is -2.07. The Bertz CT molecular complexity index is 770. The quantitative estimate of drug-likeness (QED) is 0.684. The van der Waals surface area contributed by atoms with E-state index in [1.807, 2.05) is 11.5 Å². The van der Waals surface area contributed by atoms with Gasteiger partial charge in [0, 0.05) is 19.0 Å². The van der Waals surface area contributed by atoms with Gasteiger partial charge < -0.3 is 9.09 Å². The molecule has 0 bridgehead atoms. The first-order valence-electron chi connectivity index (χ1n) is 6.30. The van der Waals surface area contributed by atoms with E-state index in [2.05, 4.69) is 15.1 Å². The normalized spacial score (nSPS) is 13.0. The maximum Gasteiger partial charge on any atom is 0.213 e. The fourth-order valence-corrected chi connectivity index (χ4v) is 2.52. The summed E-state index contributed by atoms with van der Waals surface area (Å²) in [7, 11) is 0. The third-order valence-electron chi connectivity index (χ3n) is 3.14. The van der Waals surface area contributed by atoms with E-state index in [4.69, 9.17) is 27.7 Å². The smallest absolute Gasteiger partial charge is 0.213 e. The Labute approximate surface area is 129 Å². The first kappa shape index (κ1) is 14.3. The van der Waals surface area contributed by atoms with E-state index in [1.54, 1.807) is 0 Å². The summed E-state index contributed by atoms with van der Waals surface area (Å²) in [6.45, 7) is 2.33. The van der Waals surface area contributed by atoms with Gasteiger partial charge >= 0.3 is 0 Å². The van der Waals surface area contributed by atoms with Crippen LogP contribution in [0.15, 0.2) is 23.0 Å². The third kappa shape index (κ3) is 2.73. The van der Waals surface area contributed by atoms with Gasteiger partial charge in [-0.05, 0) is 13.0 Å². The van der Waals surface area contributed by atoms with Crippen molar-refractivity contribution in [3.63, 3.8) is 0 Å². The summed E-state index contributed by atoms with van der Waals surface area (Å²) < 4.78 is 20.3. The van der Waals surface area contributed by atoms with Gasteiger partial charge in [-0.3, -0.25) is 0 Å². The second-order valence-electron chi connectivity index (χ2n) is 4.59. The zero-order valence-electron chi connectivity index (χ0n) is 11.1. The third-order valence-corrected chi connectivity index (χ3v) is 3.63. The molecule has 8 heteroatoms. The fourth-order valence-electron chi connectivity index (χ4n) is 2.19. The van der Waals surface area contributed by atoms with Crippen LogP contribution in [0.5, 0.6) is 0 Å². The van der Waals surface area contributed by atoms with E-state index < -0.39 is 5.82 Å². The van der Waals surface area contributed by atoms with Gasteiger partial charge in [0.05, 0.1) is 21.4 Å². The molecule has 3 rings (SSSR count). The number of aromatic nitrogens is 4. The number of benzene rings is 1. The van der Waals surface area contributed by atoms with Crippen LogP contribution in [0, 0.1) is 5.82 Å². The Morgan fingerprint density at radius 3 is 2.90 bits per heavy atom. The molecule has 2 aromatic heterocycles. The second-order valence-corrected chi connectivity index (χ2v) is 5.65. The van der Waals surface area contributed by atoms with E-state index >= 15 is 0 Å². The Morgan fingerprint density at radius 2 is 2.24 bits per heavy atom. The van der Waals surface area contributed by atoms with Gasteiger partial charge in [-0.2, -0.15) is 4.98 Å². The molecule has 0 aliphatic heterocycles. The molecule has 0 aliphatic carbocycles. The number of fused-ring (bicyclic) bond motifs is 1. The van der Waals surface area contributed by atoms with Crippen LogP contribution < -0.4 is 0 Å². The molecule has 1 aromatic carbocycles. The van der Waals surface area contributed by atoms with Crippen LogP contribution in [0.25, 0.3) is 11.0 Å². The number of rotatable bonds is 4. The highest BCUT2D eigenvalue weighted by Gasteiger charge is 2.17. The highest BCUT2D eigenvalue weighted by molar-refractivity contribution is 6.31. The molecule has 0 N–H and O–H groups in total. The Morgan fingerprint density at radius 1 is 1.43 bits per heavy atom. The second kappa shape index (κ2) is 5.61. The van der Waals surface area contributed by atoms with Crippen LogP contribution in [-0.2, 0) is 13.0 Å². The standard InChI is InChI=1S/C13H11Cl2FN4O/c1-7(14)13-18-10-4-8(15)9(16)5-11(10)20(13)3-2-12-17-6-21-19-12/h4-7H,2-3H2,1H3. The maximum absolute atomic E-state index is 13.7. The molecule has 1 atom stereocenters. The highest BCUT2D eigenvalue weighted by Crippen LogP contribution is 2.28. The minimum atomic E-state index is -0.487. The molecule has 1 unspecified atom stereocenters. The van der Waals surface area contributed by atoms with Gasteiger partial charge in [0.25, 0.3) is 0 Å². The van der Waals surface area contributed by atoms with Gasteiger partial charge in [0.1, 0.15) is 11.6 Å². The van der Waals surface area contributed by atoms with Crippen LogP contribution in [0.3, 0.4) is 0 Å². The predicted molar refractivity (Wildman–Crippen MR) is 77.0 cm³/mol. The lowest BCUT2D eigenvalue weighted by atomic mass is 10.3. The van der Waals surface area contributed by atoms with Crippen LogP contribution in [-0.4, -0.2) is 19.7 Å². The number of imidazole rings is 1. The average Bonchev–Trinajstić information content (AvgIpc) is 3.05.